The first-order chi connectivity index (χ1) is 11.7. The van der Waals surface area contributed by atoms with Gasteiger partial charge in [0.1, 0.15) is 12.7 Å². The fourth-order valence-electron chi connectivity index (χ4n) is 2.52. The summed E-state index contributed by atoms with van der Waals surface area (Å²) in [4.78, 5) is 18.3. The van der Waals surface area contributed by atoms with Gasteiger partial charge in [0.25, 0.3) is 5.91 Å². The van der Waals surface area contributed by atoms with Crippen molar-refractivity contribution in [1.29, 1.82) is 0 Å². The number of nitrogens with zero attached hydrogens (tertiary/aromatic N) is 3. The van der Waals surface area contributed by atoms with Crippen molar-refractivity contribution < 1.29 is 4.79 Å². The van der Waals surface area contributed by atoms with Gasteiger partial charge in [0, 0.05) is 11.4 Å². The van der Waals surface area contributed by atoms with E-state index in [1.165, 1.54) is 16.8 Å². The van der Waals surface area contributed by atoms with Crippen molar-refractivity contribution >= 4 is 17.2 Å². The van der Waals surface area contributed by atoms with E-state index in [1.54, 1.807) is 22.3 Å². The zero-order valence-corrected chi connectivity index (χ0v) is 14.6. The first kappa shape index (κ1) is 16.4. The number of hydrogen-bond donors (Lipinski definition) is 1. The van der Waals surface area contributed by atoms with Crippen molar-refractivity contribution in [2.75, 3.05) is 0 Å². The molecule has 124 valence electrons. The lowest BCUT2D eigenvalue weighted by Crippen LogP contribution is -2.21. The summed E-state index contributed by atoms with van der Waals surface area (Å²) < 4.78 is 1.78. The van der Waals surface area contributed by atoms with Crippen LogP contribution in [0.5, 0.6) is 0 Å². The average Bonchev–Trinajstić information content (AvgIpc) is 3.23. The van der Waals surface area contributed by atoms with Crippen LogP contribution in [0.15, 0.2) is 43.0 Å². The molecule has 1 amide bonds. The smallest absolute Gasteiger partial charge is 0.261 e. The molecular weight excluding hydrogens is 320 g/mol. The molecule has 0 aliphatic heterocycles. The number of nitrogens with one attached hydrogen (secondary N) is 1. The molecule has 0 saturated carbocycles. The molecule has 6 heteroatoms. The van der Waals surface area contributed by atoms with Gasteiger partial charge in [0.15, 0.2) is 0 Å². The largest absolute Gasteiger partial charge is 0.347 e. The summed E-state index contributed by atoms with van der Waals surface area (Å²) >= 11 is 1.58. The molecule has 0 aliphatic carbocycles. The van der Waals surface area contributed by atoms with Gasteiger partial charge in [-0.1, -0.05) is 31.2 Å². The van der Waals surface area contributed by atoms with E-state index >= 15 is 0 Å². The molecule has 0 radical (unpaired) electrons. The Morgan fingerprint density at radius 2 is 2.00 bits per heavy atom. The van der Waals surface area contributed by atoms with E-state index in [9.17, 15) is 4.79 Å². The van der Waals surface area contributed by atoms with Crippen molar-refractivity contribution in [2.45, 2.75) is 33.4 Å². The summed E-state index contributed by atoms with van der Waals surface area (Å²) in [7, 11) is 0. The Morgan fingerprint density at radius 3 is 2.62 bits per heavy atom. The maximum absolute atomic E-state index is 12.3. The highest BCUT2D eigenvalue weighted by molar-refractivity contribution is 7.14. The summed E-state index contributed by atoms with van der Waals surface area (Å²) in [5.74, 6) is -0.00510. The van der Waals surface area contributed by atoms with Crippen LogP contribution in [0.25, 0.3) is 0 Å². The fraction of sp³-hybridized carbons (Fsp3) is 0.278. The number of rotatable bonds is 6. The van der Waals surface area contributed by atoms with Crippen LogP contribution in [0, 0.1) is 6.92 Å². The number of carbonyl (C=O) groups excluding carboxylic acids is 1. The highest BCUT2D eigenvalue weighted by Crippen LogP contribution is 2.22. The standard InChI is InChI=1S/C18H20N4OS/c1-3-16-13(2)8-17(24-16)18(23)20-9-14-4-6-15(7-5-14)10-22-12-19-11-21-22/h4-8,11-12H,3,9-10H2,1-2H3,(H,20,23). The summed E-state index contributed by atoms with van der Waals surface area (Å²) in [5, 5.41) is 7.08. The van der Waals surface area contributed by atoms with Crippen LogP contribution in [0.3, 0.4) is 0 Å². The van der Waals surface area contributed by atoms with E-state index in [1.807, 2.05) is 30.3 Å². The Hall–Kier alpha value is -2.47. The SMILES string of the molecule is CCc1sc(C(=O)NCc2ccc(Cn3cncn3)cc2)cc1C. The zero-order valence-electron chi connectivity index (χ0n) is 13.8. The molecule has 0 bridgehead atoms. The second kappa shape index (κ2) is 7.40. The first-order valence-corrected chi connectivity index (χ1v) is 8.75. The van der Waals surface area contributed by atoms with Crippen molar-refractivity contribution in [2.24, 2.45) is 0 Å². The second-order valence-electron chi connectivity index (χ2n) is 5.66. The molecule has 1 N–H and O–H groups in total. The van der Waals surface area contributed by atoms with Gasteiger partial charge in [-0.2, -0.15) is 5.10 Å². The molecule has 0 fully saturated rings. The molecular formula is C18H20N4OS. The number of amides is 1. The molecule has 2 heterocycles. The van der Waals surface area contributed by atoms with Gasteiger partial charge in [-0.15, -0.1) is 11.3 Å². The quantitative estimate of drug-likeness (QED) is 0.750. The molecule has 0 unspecified atom stereocenters. The van der Waals surface area contributed by atoms with Gasteiger partial charge in [-0.25, -0.2) is 9.67 Å². The number of aromatic nitrogens is 3. The molecule has 24 heavy (non-hydrogen) atoms. The average molecular weight is 340 g/mol. The highest BCUT2D eigenvalue weighted by Gasteiger charge is 2.11. The van der Waals surface area contributed by atoms with E-state index in [-0.39, 0.29) is 5.91 Å². The molecule has 0 atom stereocenters. The minimum Gasteiger partial charge on any atom is -0.347 e. The maximum Gasteiger partial charge on any atom is 0.261 e. The van der Waals surface area contributed by atoms with Crippen LogP contribution in [0.1, 0.15) is 38.2 Å². The zero-order chi connectivity index (χ0) is 16.9. The van der Waals surface area contributed by atoms with E-state index in [0.29, 0.717) is 13.1 Å². The molecule has 0 spiro atoms. The molecule has 3 rings (SSSR count). The van der Waals surface area contributed by atoms with Gasteiger partial charge in [-0.3, -0.25) is 4.79 Å². The predicted octanol–water partition coefficient (Wildman–Crippen LogP) is 3.19. The van der Waals surface area contributed by atoms with Gasteiger partial charge < -0.3 is 5.32 Å². The number of thiophene rings is 1. The van der Waals surface area contributed by atoms with E-state index in [2.05, 4.69) is 29.2 Å². The van der Waals surface area contributed by atoms with E-state index in [0.717, 1.165) is 22.4 Å². The molecule has 5 nitrogen and oxygen atoms in total. The van der Waals surface area contributed by atoms with Crippen LogP contribution in [-0.2, 0) is 19.5 Å². The third-order valence-electron chi connectivity index (χ3n) is 3.85. The normalized spacial score (nSPS) is 10.8. The van der Waals surface area contributed by atoms with Crippen molar-refractivity contribution in [3.8, 4) is 0 Å². The van der Waals surface area contributed by atoms with E-state index < -0.39 is 0 Å². The lowest BCUT2D eigenvalue weighted by molar-refractivity contribution is 0.0955. The second-order valence-corrected chi connectivity index (χ2v) is 6.80. The van der Waals surface area contributed by atoms with Crippen molar-refractivity contribution in [1.82, 2.24) is 20.1 Å². The number of aryl methyl sites for hydroxylation is 2. The maximum atomic E-state index is 12.3. The van der Waals surface area contributed by atoms with Crippen LogP contribution in [0.2, 0.25) is 0 Å². The van der Waals surface area contributed by atoms with Crippen LogP contribution in [-0.4, -0.2) is 20.7 Å². The Kier molecular flexibility index (Phi) is 5.05. The Morgan fingerprint density at radius 1 is 1.25 bits per heavy atom. The summed E-state index contributed by atoms with van der Waals surface area (Å²) in [6.45, 7) is 5.39. The third-order valence-corrected chi connectivity index (χ3v) is 5.23. The monoisotopic (exact) mass is 340 g/mol. The van der Waals surface area contributed by atoms with Crippen molar-refractivity contribution in [3.05, 3.63) is 69.4 Å². The van der Waals surface area contributed by atoms with Crippen LogP contribution >= 0.6 is 11.3 Å². The van der Waals surface area contributed by atoms with Crippen LogP contribution in [0.4, 0.5) is 0 Å². The van der Waals surface area contributed by atoms with Crippen molar-refractivity contribution in [3.63, 3.8) is 0 Å². The van der Waals surface area contributed by atoms with Gasteiger partial charge in [0.05, 0.1) is 11.4 Å². The Balaban J connectivity index is 1.56. The molecule has 0 aliphatic rings. The van der Waals surface area contributed by atoms with Gasteiger partial charge in [-0.05, 0) is 36.1 Å². The lowest BCUT2D eigenvalue weighted by Gasteiger charge is -2.06. The third kappa shape index (κ3) is 3.89. The molecule has 1 aromatic carbocycles. The van der Waals surface area contributed by atoms with Gasteiger partial charge >= 0.3 is 0 Å². The fourth-order valence-corrected chi connectivity index (χ4v) is 3.55. The Labute approximate surface area is 145 Å². The minimum atomic E-state index is -0.00510. The lowest BCUT2D eigenvalue weighted by atomic mass is 10.1. The van der Waals surface area contributed by atoms with E-state index in [4.69, 9.17) is 0 Å². The summed E-state index contributed by atoms with van der Waals surface area (Å²) in [5.41, 5.74) is 3.43. The summed E-state index contributed by atoms with van der Waals surface area (Å²) in [6.07, 6.45) is 4.19. The predicted molar refractivity (Wildman–Crippen MR) is 95.2 cm³/mol. The molecule has 3 aromatic rings. The number of carbonyl (C=O) groups is 1. The Bertz CT molecular complexity index is 806. The summed E-state index contributed by atoms with van der Waals surface area (Å²) in [6, 6.07) is 10.1. The van der Waals surface area contributed by atoms with Crippen LogP contribution < -0.4 is 5.32 Å². The number of benzene rings is 1. The topological polar surface area (TPSA) is 59.8 Å². The molecule has 2 aromatic heterocycles. The minimum absolute atomic E-state index is 0.00510. The van der Waals surface area contributed by atoms with Gasteiger partial charge in [0.2, 0.25) is 0 Å². The molecule has 0 saturated heterocycles. The highest BCUT2D eigenvalue weighted by atomic mass is 32.1. The number of hydrogen-bond acceptors (Lipinski definition) is 4. The first-order valence-electron chi connectivity index (χ1n) is 7.93.